The van der Waals surface area contributed by atoms with Crippen LogP contribution in [-0.4, -0.2) is 53.4 Å². The normalized spacial score (nSPS) is 25.6. The summed E-state index contributed by atoms with van der Waals surface area (Å²) in [6.07, 6.45) is 1.17. The van der Waals surface area contributed by atoms with Crippen LogP contribution >= 0.6 is 0 Å². The molecule has 1 N–H and O–H groups in total. The first kappa shape index (κ1) is 22.3. The Labute approximate surface area is 196 Å². The minimum Gasteiger partial charge on any atom is -0.507 e. The van der Waals surface area contributed by atoms with Gasteiger partial charge in [-0.25, -0.2) is 4.39 Å². The molecule has 2 amide bonds. The summed E-state index contributed by atoms with van der Waals surface area (Å²) in [4.78, 5) is 43.7. The Hall–Kier alpha value is -3.52. The lowest BCUT2D eigenvalue weighted by Gasteiger charge is -2.35. The smallest absolute Gasteiger partial charge is 0.296 e. The number of likely N-dealkylation sites (tertiary alicyclic amines) is 1. The molecular weight excluding hydrogens is 439 g/mol. The molecule has 2 aromatic carbocycles. The maximum atomic E-state index is 14.4. The van der Waals surface area contributed by atoms with Gasteiger partial charge in [-0.05, 0) is 44.4 Å². The molecular formula is C26H25FN2O5. The van der Waals surface area contributed by atoms with Gasteiger partial charge < -0.3 is 19.6 Å². The van der Waals surface area contributed by atoms with E-state index in [-0.39, 0.29) is 23.8 Å². The third kappa shape index (κ3) is 2.94. The maximum absolute atomic E-state index is 14.4. The summed E-state index contributed by atoms with van der Waals surface area (Å²) < 4.78 is 20.1. The lowest BCUT2D eigenvalue weighted by atomic mass is 9.81. The number of ketones is 1. The number of amides is 2. The minimum absolute atomic E-state index is 0.0258. The van der Waals surface area contributed by atoms with Crippen molar-refractivity contribution in [3.63, 3.8) is 0 Å². The third-order valence-corrected chi connectivity index (χ3v) is 6.98. The average molecular weight is 464 g/mol. The number of nitrogens with zero attached hydrogens (tertiary/aromatic N) is 2. The van der Waals surface area contributed by atoms with Gasteiger partial charge in [0.1, 0.15) is 11.6 Å². The van der Waals surface area contributed by atoms with Gasteiger partial charge >= 0.3 is 0 Å². The number of aliphatic hydroxyl groups excluding tert-OH is 1. The number of carbonyl (C=O) groups is 3. The van der Waals surface area contributed by atoms with Crippen molar-refractivity contribution in [2.45, 2.75) is 38.3 Å². The van der Waals surface area contributed by atoms with Crippen molar-refractivity contribution in [3.8, 4) is 0 Å². The molecule has 3 aliphatic rings. The van der Waals surface area contributed by atoms with Crippen LogP contribution in [0, 0.1) is 12.7 Å². The van der Waals surface area contributed by atoms with Crippen molar-refractivity contribution in [2.75, 3.05) is 24.6 Å². The predicted octanol–water partition coefficient (Wildman–Crippen LogP) is 3.26. The fourth-order valence-corrected chi connectivity index (χ4v) is 5.31. The number of hydrogen-bond acceptors (Lipinski definition) is 5. The number of Topliss-reactive ketones (excluding diaryl/α,β-unsaturated/α-hetero) is 1. The van der Waals surface area contributed by atoms with Crippen LogP contribution in [0.2, 0.25) is 0 Å². The molecule has 2 atom stereocenters. The van der Waals surface area contributed by atoms with Gasteiger partial charge in [0.2, 0.25) is 0 Å². The van der Waals surface area contributed by atoms with E-state index in [1.165, 1.54) is 21.9 Å². The van der Waals surface area contributed by atoms with E-state index in [9.17, 15) is 23.9 Å². The van der Waals surface area contributed by atoms with Crippen LogP contribution in [0.25, 0.3) is 5.76 Å². The lowest BCUT2D eigenvalue weighted by Crippen LogP contribution is -2.53. The highest BCUT2D eigenvalue weighted by atomic mass is 19.1. The molecule has 0 radical (unpaired) electrons. The standard InChI is InChI=1S/C26H25FN2O5/c1-3-28-20-9-5-4-8-18(20)26(25(28)33)21(22(30)16-11-10-15(2)19(27)13-16)23(31)24(32)29(26)14-17-7-6-12-34-17/h4-5,8-11,13,17,30H,3,6-7,12,14H2,1-2H3. The summed E-state index contributed by atoms with van der Waals surface area (Å²) in [6, 6.07) is 11.0. The van der Waals surface area contributed by atoms with E-state index in [4.69, 9.17) is 4.74 Å². The van der Waals surface area contributed by atoms with Crippen molar-refractivity contribution in [1.82, 2.24) is 4.90 Å². The summed E-state index contributed by atoms with van der Waals surface area (Å²) >= 11 is 0. The van der Waals surface area contributed by atoms with Crippen LogP contribution in [-0.2, 0) is 24.7 Å². The number of para-hydroxylation sites is 1. The van der Waals surface area contributed by atoms with E-state index in [0.29, 0.717) is 36.4 Å². The van der Waals surface area contributed by atoms with Gasteiger partial charge in [0.05, 0.1) is 17.4 Å². The Morgan fingerprint density at radius 2 is 1.97 bits per heavy atom. The fourth-order valence-electron chi connectivity index (χ4n) is 5.31. The second kappa shape index (κ2) is 8.06. The Kier molecular flexibility index (Phi) is 5.28. The van der Waals surface area contributed by atoms with Crippen molar-refractivity contribution in [1.29, 1.82) is 0 Å². The maximum Gasteiger partial charge on any atom is 0.296 e. The van der Waals surface area contributed by atoms with E-state index in [2.05, 4.69) is 0 Å². The van der Waals surface area contributed by atoms with Crippen LogP contribution in [0.3, 0.4) is 0 Å². The monoisotopic (exact) mass is 464 g/mol. The zero-order valence-electron chi connectivity index (χ0n) is 19.0. The molecule has 1 spiro atoms. The molecule has 3 heterocycles. The molecule has 34 heavy (non-hydrogen) atoms. The SMILES string of the molecule is CCN1C(=O)C2(C(=C(O)c3ccc(C)c(F)c3)C(=O)C(=O)N2CC2CCCO2)c2ccccc21. The molecule has 3 aliphatic heterocycles. The molecule has 0 aromatic heterocycles. The number of halogens is 1. The van der Waals surface area contributed by atoms with E-state index in [1.807, 2.05) is 0 Å². The van der Waals surface area contributed by atoms with Crippen LogP contribution in [0.4, 0.5) is 10.1 Å². The number of rotatable bonds is 4. The average Bonchev–Trinajstić information content (AvgIpc) is 3.49. The van der Waals surface area contributed by atoms with E-state index in [0.717, 1.165) is 12.5 Å². The largest absolute Gasteiger partial charge is 0.507 e. The molecule has 8 heteroatoms. The van der Waals surface area contributed by atoms with E-state index < -0.39 is 34.7 Å². The van der Waals surface area contributed by atoms with Gasteiger partial charge in [-0.15, -0.1) is 0 Å². The van der Waals surface area contributed by atoms with Gasteiger partial charge in [-0.2, -0.15) is 0 Å². The third-order valence-electron chi connectivity index (χ3n) is 6.98. The number of likely N-dealkylation sites (N-methyl/N-ethyl adjacent to an activating group) is 1. The van der Waals surface area contributed by atoms with E-state index in [1.54, 1.807) is 38.1 Å². The van der Waals surface area contributed by atoms with E-state index >= 15 is 0 Å². The zero-order chi connectivity index (χ0) is 24.2. The molecule has 2 saturated heterocycles. The lowest BCUT2D eigenvalue weighted by molar-refractivity contribution is -0.145. The van der Waals surface area contributed by atoms with Crippen LogP contribution < -0.4 is 4.90 Å². The Morgan fingerprint density at radius 3 is 2.65 bits per heavy atom. The summed E-state index contributed by atoms with van der Waals surface area (Å²) in [6.45, 7) is 4.25. The Bertz CT molecular complexity index is 1250. The predicted molar refractivity (Wildman–Crippen MR) is 123 cm³/mol. The summed E-state index contributed by atoms with van der Waals surface area (Å²) in [5.74, 6) is -3.50. The Balaban J connectivity index is 1.80. The highest BCUT2D eigenvalue weighted by molar-refractivity contribution is 6.50. The number of ether oxygens (including phenoxy) is 1. The van der Waals surface area contributed by atoms with Crippen molar-refractivity contribution >= 4 is 29.0 Å². The fraction of sp³-hybridized carbons (Fsp3) is 0.346. The quantitative estimate of drug-likeness (QED) is 0.426. The van der Waals surface area contributed by atoms with Crippen molar-refractivity contribution in [2.24, 2.45) is 0 Å². The summed E-state index contributed by atoms with van der Waals surface area (Å²) in [5, 5.41) is 11.3. The van der Waals surface area contributed by atoms with Crippen LogP contribution in [0.5, 0.6) is 0 Å². The first-order valence-corrected chi connectivity index (χ1v) is 11.4. The number of aryl methyl sites for hydroxylation is 1. The number of hydrogen-bond donors (Lipinski definition) is 1. The van der Waals surface area contributed by atoms with Gasteiger partial charge in [0.15, 0.2) is 5.54 Å². The van der Waals surface area contributed by atoms with Gasteiger partial charge in [0.25, 0.3) is 17.6 Å². The highest BCUT2D eigenvalue weighted by Crippen LogP contribution is 2.53. The van der Waals surface area contributed by atoms with Gasteiger partial charge in [-0.1, -0.05) is 30.3 Å². The molecule has 176 valence electrons. The van der Waals surface area contributed by atoms with Gasteiger partial charge in [-0.3, -0.25) is 14.4 Å². The molecule has 0 bridgehead atoms. The molecule has 0 aliphatic carbocycles. The highest BCUT2D eigenvalue weighted by Gasteiger charge is 2.67. The second-order valence-corrected chi connectivity index (χ2v) is 8.84. The molecule has 5 rings (SSSR count). The number of anilines is 1. The van der Waals surface area contributed by atoms with Gasteiger partial charge in [0, 0.05) is 30.8 Å². The van der Waals surface area contributed by atoms with Crippen molar-refractivity contribution < 1.29 is 28.6 Å². The zero-order valence-corrected chi connectivity index (χ0v) is 19.0. The summed E-state index contributed by atoms with van der Waals surface area (Å²) in [7, 11) is 0. The first-order valence-electron chi connectivity index (χ1n) is 11.4. The topological polar surface area (TPSA) is 87.2 Å². The minimum atomic E-state index is -1.85. The molecule has 7 nitrogen and oxygen atoms in total. The second-order valence-electron chi connectivity index (χ2n) is 8.84. The van der Waals surface area contributed by atoms with Crippen LogP contribution in [0.15, 0.2) is 48.0 Å². The first-order chi connectivity index (χ1) is 16.3. The van der Waals surface area contributed by atoms with Crippen LogP contribution in [0.1, 0.15) is 36.5 Å². The number of benzene rings is 2. The molecule has 2 fully saturated rings. The molecule has 0 saturated carbocycles. The molecule has 2 unspecified atom stereocenters. The number of aliphatic hydroxyl groups is 1. The van der Waals surface area contributed by atoms with Crippen molar-refractivity contribution in [3.05, 3.63) is 70.5 Å². The molecule has 2 aromatic rings. The Morgan fingerprint density at radius 1 is 1.21 bits per heavy atom. The summed E-state index contributed by atoms with van der Waals surface area (Å²) in [5.41, 5.74) is -0.795. The number of carbonyl (C=O) groups excluding carboxylic acids is 3. The number of fused-ring (bicyclic) bond motifs is 2.